The Kier molecular flexibility index (Phi) is 3.12. The Morgan fingerprint density at radius 2 is 2.12 bits per heavy atom. The van der Waals surface area contributed by atoms with Crippen molar-refractivity contribution in [3.63, 3.8) is 0 Å². The molecule has 0 aliphatic carbocycles. The highest BCUT2D eigenvalue weighted by Gasteiger charge is 2.09. The molecule has 0 atom stereocenters. The van der Waals surface area contributed by atoms with E-state index in [4.69, 9.17) is 21.4 Å². The second-order valence-electron chi connectivity index (χ2n) is 2.98. The predicted molar refractivity (Wildman–Crippen MR) is 62.8 cm³/mol. The van der Waals surface area contributed by atoms with Crippen molar-refractivity contribution in [1.29, 1.82) is 0 Å². The molecule has 1 aromatic heterocycles. The molecule has 0 bridgehead atoms. The summed E-state index contributed by atoms with van der Waals surface area (Å²) in [4.78, 5) is 10.9. The van der Waals surface area contributed by atoms with Gasteiger partial charge < -0.3 is 9.84 Å². The summed E-state index contributed by atoms with van der Waals surface area (Å²) in [6.45, 7) is 0. The molecule has 0 fully saturated rings. The maximum Gasteiger partial charge on any atom is 0.346 e. The molecule has 0 spiro atoms. The summed E-state index contributed by atoms with van der Waals surface area (Å²) in [6.07, 6.45) is 0. The summed E-state index contributed by atoms with van der Waals surface area (Å²) in [6, 6.07) is 8.50. The lowest BCUT2D eigenvalue weighted by atomic mass is 10.3. The molecular formula is C11H7ClO3S. The topological polar surface area (TPSA) is 46.5 Å². The standard InChI is InChI=1S/C11H7ClO3S/c12-8-3-1-2-4-9(8)15-7-5-10(11(13)14)16-6-7/h1-6H,(H,13,14). The van der Waals surface area contributed by atoms with Gasteiger partial charge >= 0.3 is 5.97 Å². The third kappa shape index (κ3) is 2.35. The number of carbonyl (C=O) groups is 1. The molecule has 0 aliphatic heterocycles. The minimum atomic E-state index is -0.959. The summed E-state index contributed by atoms with van der Waals surface area (Å²) in [5.74, 6) is 0.0356. The largest absolute Gasteiger partial charge is 0.477 e. The number of halogens is 1. The van der Waals surface area contributed by atoms with Crippen molar-refractivity contribution >= 4 is 28.9 Å². The highest BCUT2D eigenvalue weighted by atomic mass is 35.5. The molecule has 82 valence electrons. The molecule has 1 N–H and O–H groups in total. The number of benzene rings is 1. The van der Waals surface area contributed by atoms with Crippen LogP contribution in [0.4, 0.5) is 0 Å². The minimum Gasteiger partial charge on any atom is -0.477 e. The minimum absolute atomic E-state index is 0.238. The van der Waals surface area contributed by atoms with E-state index in [1.54, 1.807) is 29.6 Å². The summed E-state index contributed by atoms with van der Waals surface area (Å²) >= 11 is 7.02. The fourth-order valence-electron chi connectivity index (χ4n) is 1.14. The Hall–Kier alpha value is -1.52. The molecule has 0 saturated heterocycles. The van der Waals surface area contributed by atoms with Gasteiger partial charge in [-0.3, -0.25) is 0 Å². The predicted octanol–water partition coefficient (Wildman–Crippen LogP) is 3.89. The van der Waals surface area contributed by atoms with Crippen molar-refractivity contribution in [3.05, 3.63) is 45.6 Å². The van der Waals surface area contributed by atoms with Crippen LogP contribution >= 0.6 is 22.9 Å². The lowest BCUT2D eigenvalue weighted by Gasteiger charge is -2.03. The van der Waals surface area contributed by atoms with Crippen LogP contribution in [0.1, 0.15) is 9.67 Å². The van der Waals surface area contributed by atoms with Gasteiger partial charge in [0.1, 0.15) is 16.4 Å². The van der Waals surface area contributed by atoms with E-state index in [-0.39, 0.29) is 4.88 Å². The summed E-state index contributed by atoms with van der Waals surface area (Å²) in [5.41, 5.74) is 0. The van der Waals surface area contributed by atoms with Gasteiger partial charge in [-0.15, -0.1) is 11.3 Å². The second-order valence-corrected chi connectivity index (χ2v) is 4.30. The highest BCUT2D eigenvalue weighted by molar-refractivity contribution is 7.12. The van der Waals surface area contributed by atoms with Gasteiger partial charge in [0.2, 0.25) is 0 Å². The van der Waals surface area contributed by atoms with Crippen LogP contribution < -0.4 is 4.74 Å². The Bertz CT molecular complexity index is 521. The highest BCUT2D eigenvalue weighted by Crippen LogP contribution is 2.31. The molecule has 3 nitrogen and oxygen atoms in total. The van der Waals surface area contributed by atoms with Gasteiger partial charge in [-0.05, 0) is 12.1 Å². The molecule has 0 saturated carbocycles. The monoisotopic (exact) mass is 254 g/mol. The van der Waals surface area contributed by atoms with Crippen LogP contribution in [0.2, 0.25) is 5.02 Å². The van der Waals surface area contributed by atoms with Crippen LogP contribution in [-0.4, -0.2) is 11.1 Å². The number of aromatic carboxylic acids is 1. The van der Waals surface area contributed by atoms with Gasteiger partial charge in [0.25, 0.3) is 0 Å². The second kappa shape index (κ2) is 4.55. The fourth-order valence-corrected chi connectivity index (χ4v) is 1.96. The average Bonchev–Trinajstić information content (AvgIpc) is 2.70. The van der Waals surface area contributed by atoms with Crippen molar-refractivity contribution in [2.75, 3.05) is 0 Å². The molecular weight excluding hydrogens is 248 g/mol. The first-order valence-electron chi connectivity index (χ1n) is 4.41. The summed E-state index contributed by atoms with van der Waals surface area (Å²) in [5, 5.41) is 10.9. The fraction of sp³-hybridized carbons (Fsp3) is 0. The zero-order valence-electron chi connectivity index (χ0n) is 8.01. The Morgan fingerprint density at radius 1 is 1.38 bits per heavy atom. The van der Waals surface area contributed by atoms with E-state index in [2.05, 4.69) is 0 Å². The van der Waals surface area contributed by atoms with E-state index in [1.165, 1.54) is 6.07 Å². The first-order chi connectivity index (χ1) is 7.66. The molecule has 16 heavy (non-hydrogen) atoms. The van der Waals surface area contributed by atoms with E-state index in [1.807, 2.05) is 0 Å². The van der Waals surface area contributed by atoms with Gasteiger partial charge in [-0.1, -0.05) is 23.7 Å². The SMILES string of the molecule is O=C(O)c1cc(Oc2ccccc2Cl)cs1. The van der Waals surface area contributed by atoms with Crippen molar-refractivity contribution in [2.45, 2.75) is 0 Å². The number of rotatable bonds is 3. The zero-order valence-corrected chi connectivity index (χ0v) is 9.59. The van der Waals surface area contributed by atoms with Crippen LogP contribution in [0.15, 0.2) is 35.7 Å². The third-order valence-corrected chi connectivity index (χ3v) is 3.06. The van der Waals surface area contributed by atoms with Crippen molar-refractivity contribution in [1.82, 2.24) is 0 Å². The lowest BCUT2D eigenvalue weighted by Crippen LogP contribution is -1.90. The first-order valence-corrected chi connectivity index (χ1v) is 5.67. The van der Waals surface area contributed by atoms with E-state index < -0.39 is 5.97 Å². The molecule has 1 aromatic carbocycles. The molecule has 0 aliphatic rings. The normalized spacial score (nSPS) is 10.1. The number of ether oxygens (including phenoxy) is 1. The Morgan fingerprint density at radius 3 is 2.75 bits per heavy atom. The van der Waals surface area contributed by atoms with Crippen LogP contribution in [0.5, 0.6) is 11.5 Å². The molecule has 0 amide bonds. The number of para-hydroxylation sites is 1. The first kappa shape index (κ1) is 11.0. The zero-order chi connectivity index (χ0) is 11.5. The number of carboxylic acid groups (broad SMARTS) is 1. The number of hydrogen-bond donors (Lipinski definition) is 1. The van der Waals surface area contributed by atoms with E-state index in [9.17, 15) is 4.79 Å². The third-order valence-electron chi connectivity index (χ3n) is 1.85. The quantitative estimate of drug-likeness (QED) is 0.904. The van der Waals surface area contributed by atoms with Gasteiger partial charge in [0.15, 0.2) is 0 Å². The molecule has 5 heteroatoms. The van der Waals surface area contributed by atoms with Crippen LogP contribution in [0.3, 0.4) is 0 Å². The molecule has 1 heterocycles. The van der Waals surface area contributed by atoms with Gasteiger partial charge in [0, 0.05) is 11.4 Å². The van der Waals surface area contributed by atoms with Crippen molar-refractivity contribution in [2.24, 2.45) is 0 Å². The smallest absolute Gasteiger partial charge is 0.346 e. The van der Waals surface area contributed by atoms with E-state index in [0.29, 0.717) is 16.5 Å². The van der Waals surface area contributed by atoms with Crippen molar-refractivity contribution < 1.29 is 14.6 Å². The van der Waals surface area contributed by atoms with Crippen LogP contribution in [0, 0.1) is 0 Å². The summed E-state index contributed by atoms with van der Waals surface area (Å²) in [7, 11) is 0. The van der Waals surface area contributed by atoms with Crippen LogP contribution in [0.25, 0.3) is 0 Å². The molecule has 2 rings (SSSR count). The summed E-state index contributed by atoms with van der Waals surface area (Å²) < 4.78 is 5.46. The number of carboxylic acids is 1. The van der Waals surface area contributed by atoms with Gasteiger partial charge in [-0.25, -0.2) is 4.79 Å². The number of thiophene rings is 1. The Balaban J connectivity index is 2.21. The van der Waals surface area contributed by atoms with Crippen molar-refractivity contribution in [3.8, 4) is 11.5 Å². The molecule has 0 radical (unpaired) electrons. The molecule has 2 aromatic rings. The lowest BCUT2D eigenvalue weighted by molar-refractivity contribution is 0.0702. The number of hydrogen-bond acceptors (Lipinski definition) is 3. The molecule has 0 unspecified atom stereocenters. The van der Waals surface area contributed by atoms with Gasteiger partial charge in [-0.2, -0.15) is 0 Å². The average molecular weight is 255 g/mol. The van der Waals surface area contributed by atoms with E-state index >= 15 is 0 Å². The van der Waals surface area contributed by atoms with Gasteiger partial charge in [0.05, 0.1) is 5.02 Å². The maximum absolute atomic E-state index is 10.7. The van der Waals surface area contributed by atoms with E-state index in [0.717, 1.165) is 11.3 Å². The van der Waals surface area contributed by atoms with Crippen LogP contribution in [-0.2, 0) is 0 Å². The maximum atomic E-state index is 10.7. The Labute approximate surface area is 101 Å².